The Morgan fingerprint density at radius 3 is 2.48 bits per heavy atom. The van der Waals surface area contributed by atoms with E-state index in [2.05, 4.69) is 0 Å². The molecule has 25 heavy (non-hydrogen) atoms. The van der Waals surface area contributed by atoms with Crippen molar-refractivity contribution in [3.05, 3.63) is 29.8 Å². The zero-order chi connectivity index (χ0) is 19.0. The van der Waals surface area contributed by atoms with Gasteiger partial charge in [0.15, 0.2) is 17.8 Å². The van der Waals surface area contributed by atoms with Crippen LogP contribution in [-0.2, 0) is 14.3 Å². The molecular weight excluding hydrogens is 336 g/mol. The number of aliphatic hydroxyl groups excluding tert-OH is 4. The van der Waals surface area contributed by atoms with E-state index < -0.39 is 37.0 Å². The van der Waals surface area contributed by atoms with Gasteiger partial charge in [0.2, 0.25) is 0 Å². The molecule has 0 aromatic heterocycles. The van der Waals surface area contributed by atoms with Crippen LogP contribution in [-0.4, -0.2) is 75.9 Å². The highest BCUT2D eigenvalue weighted by Gasteiger charge is 2.30. The minimum absolute atomic E-state index is 0.00127. The normalized spacial score (nSPS) is 16.0. The van der Waals surface area contributed by atoms with Crippen molar-refractivity contribution in [2.75, 3.05) is 13.7 Å². The second kappa shape index (κ2) is 9.74. The summed E-state index contributed by atoms with van der Waals surface area (Å²) in [5, 5.41) is 47.0. The van der Waals surface area contributed by atoms with Crippen LogP contribution in [0.5, 0.6) is 11.5 Å². The van der Waals surface area contributed by atoms with E-state index >= 15 is 0 Å². The molecule has 5 N–H and O–H groups in total. The fourth-order valence-corrected chi connectivity index (χ4v) is 1.79. The van der Waals surface area contributed by atoms with Crippen LogP contribution in [0.4, 0.5) is 0 Å². The predicted octanol–water partition coefficient (Wildman–Crippen LogP) is -1.40. The van der Waals surface area contributed by atoms with Gasteiger partial charge in [0.05, 0.1) is 7.11 Å². The van der Waals surface area contributed by atoms with Gasteiger partial charge in [-0.05, 0) is 23.8 Å². The molecule has 1 aromatic carbocycles. The Hall–Kier alpha value is -2.46. The van der Waals surface area contributed by atoms with Crippen molar-refractivity contribution < 1.29 is 44.6 Å². The largest absolute Gasteiger partial charge is 0.504 e. The maximum absolute atomic E-state index is 11.6. The van der Waals surface area contributed by atoms with Crippen molar-refractivity contribution in [2.24, 2.45) is 0 Å². The van der Waals surface area contributed by atoms with Crippen LogP contribution in [0.25, 0.3) is 6.08 Å². The number of benzene rings is 1. The summed E-state index contributed by atoms with van der Waals surface area (Å²) in [6.45, 7) is -0.661. The number of ether oxygens (including phenoxy) is 2. The molecule has 1 aromatic rings. The number of methoxy groups -OCH3 is 1. The maximum Gasteiger partial charge on any atom is 0.330 e. The van der Waals surface area contributed by atoms with Crippen LogP contribution in [0.1, 0.15) is 5.56 Å². The standard InChI is InChI=1S/C16H20O9/c1-24-13-6-9(2-4-10(13)18)3-5-14(21)25-8-12(20)16(23)15(22)11(19)7-17/h2-7,11-12,15-16,18-20,22-23H,8H2,1H3/b5-3-/t11-,12+,15+,16+/m0/s1. The van der Waals surface area contributed by atoms with Crippen molar-refractivity contribution in [1.29, 1.82) is 0 Å². The second-order valence-corrected chi connectivity index (χ2v) is 5.07. The summed E-state index contributed by atoms with van der Waals surface area (Å²) in [6.07, 6.45) is -4.94. The van der Waals surface area contributed by atoms with Crippen molar-refractivity contribution in [1.82, 2.24) is 0 Å². The van der Waals surface area contributed by atoms with Crippen molar-refractivity contribution in [2.45, 2.75) is 24.4 Å². The molecule has 0 aliphatic carbocycles. The first-order chi connectivity index (χ1) is 11.8. The van der Waals surface area contributed by atoms with Gasteiger partial charge in [-0.1, -0.05) is 6.07 Å². The Morgan fingerprint density at radius 2 is 1.88 bits per heavy atom. The van der Waals surface area contributed by atoms with Crippen LogP contribution < -0.4 is 4.74 Å². The number of hydrogen-bond acceptors (Lipinski definition) is 9. The lowest BCUT2D eigenvalue weighted by atomic mass is 10.0. The third-order valence-electron chi connectivity index (χ3n) is 3.25. The highest BCUT2D eigenvalue weighted by atomic mass is 16.5. The zero-order valence-electron chi connectivity index (χ0n) is 13.3. The highest BCUT2D eigenvalue weighted by Crippen LogP contribution is 2.26. The summed E-state index contributed by atoms with van der Waals surface area (Å²) >= 11 is 0. The summed E-state index contributed by atoms with van der Waals surface area (Å²) < 4.78 is 9.61. The van der Waals surface area contributed by atoms with E-state index in [0.717, 1.165) is 6.08 Å². The fraction of sp³-hybridized carbons (Fsp3) is 0.375. The number of carbonyl (C=O) groups is 2. The van der Waals surface area contributed by atoms with Gasteiger partial charge < -0.3 is 39.8 Å². The number of esters is 1. The SMILES string of the molecule is COc1cc(/C=C\C(=O)OC[C@@H](O)[C@@H](O)[C@H](O)[C@@H](O)C=O)ccc1O. The molecule has 0 bridgehead atoms. The first-order valence-electron chi connectivity index (χ1n) is 7.19. The number of rotatable bonds is 9. The Bertz CT molecular complexity index is 614. The molecule has 0 spiro atoms. The Morgan fingerprint density at radius 1 is 1.20 bits per heavy atom. The quantitative estimate of drug-likeness (QED) is 0.204. The Balaban J connectivity index is 2.55. The van der Waals surface area contributed by atoms with Crippen LogP contribution in [0, 0.1) is 0 Å². The average molecular weight is 356 g/mol. The van der Waals surface area contributed by atoms with Gasteiger partial charge in [0, 0.05) is 6.08 Å². The topological polar surface area (TPSA) is 154 Å². The van der Waals surface area contributed by atoms with E-state index in [4.69, 9.17) is 14.6 Å². The van der Waals surface area contributed by atoms with Crippen LogP contribution in [0.3, 0.4) is 0 Å². The van der Waals surface area contributed by atoms with Crippen LogP contribution >= 0.6 is 0 Å². The second-order valence-electron chi connectivity index (χ2n) is 5.07. The lowest BCUT2D eigenvalue weighted by molar-refractivity contribution is -0.151. The molecule has 9 nitrogen and oxygen atoms in total. The zero-order valence-corrected chi connectivity index (χ0v) is 13.3. The molecule has 9 heteroatoms. The van der Waals surface area contributed by atoms with E-state index in [-0.39, 0.29) is 17.8 Å². The minimum atomic E-state index is -1.91. The predicted molar refractivity (Wildman–Crippen MR) is 84.7 cm³/mol. The van der Waals surface area contributed by atoms with Gasteiger partial charge in [0.25, 0.3) is 0 Å². The summed E-state index contributed by atoms with van der Waals surface area (Å²) in [5.41, 5.74) is 0.539. The number of aliphatic hydroxyl groups is 4. The molecule has 0 aliphatic heterocycles. The fourth-order valence-electron chi connectivity index (χ4n) is 1.79. The molecule has 4 atom stereocenters. The molecule has 0 fully saturated rings. The molecule has 0 saturated heterocycles. The average Bonchev–Trinajstić information content (AvgIpc) is 2.63. The summed E-state index contributed by atoms with van der Waals surface area (Å²) in [4.78, 5) is 21.9. The highest BCUT2D eigenvalue weighted by molar-refractivity contribution is 5.87. The van der Waals surface area contributed by atoms with E-state index in [9.17, 15) is 30.0 Å². The molecular formula is C16H20O9. The molecule has 0 amide bonds. The van der Waals surface area contributed by atoms with E-state index in [1.807, 2.05) is 0 Å². The van der Waals surface area contributed by atoms with Crippen LogP contribution in [0.2, 0.25) is 0 Å². The van der Waals surface area contributed by atoms with E-state index in [1.165, 1.54) is 31.4 Å². The molecule has 1 rings (SSSR count). The third kappa shape index (κ3) is 6.16. The van der Waals surface area contributed by atoms with Gasteiger partial charge in [-0.2, -0.15) is 0 Å². The van der Waals surface area contributed by atoms with E-state index in [1.54, 1.807) is 0 Å². The van der Waals surface area contributed by atoms with Gasteiger partial charge in [-0.15, -0.1) is 0 Å². The number of aromatic hydroxyl groups is 1. The first kappa shape index (κ1) is 20.6. The smallest absolute Gasteiger partial charge is 0.330 e. The summed E-state index contributed by atoms with van der Waals surface area (Å²) in [6, 6.07) is 4.38. The van der Waals surface area contributed by atoms with Gasteiger partial charge in [0.1, 0.15) is 31.0 Å². The monoisotopic (exact) mass is 356 g/mol. The number of phenols is 1. The first-order valence-corrected chi connectivity index (χ1v) is 7.19. The Kier molecular flexibility index (Phi) is 8.02. The molecule has 0 radical (unpaired) electrons. The molecule has 0 heterocycles. The molecule has 0 unspecified atom stereocenters. The van der Waals surface area contributed by atoms with Crippen LogP contribution in [0.15, 0.2) is 24.3 Å². The van der Waals surface area contributed by atoms with Crippen molar-refractivity contribution in [3.8, 4) is 11.5 Å². The third-order valence-corrected chi connectivity index (χ3v) is 3.25. The Labute approximate surface area is 143 Å². The summed E-state index contributed by atoms with van der Waals surface area (Å²) in [5.74, 6) is -0.684. The van der Waals surface area contributed by atoms with Gasteiger partial charge in [-0.25, -0.2) is 4.79 Å². The molecule has 0 saturated carbocycles. The molecule has 138 valence electrons. The lowest BCUT2D eigenvalue weighted by Gasteiger charge is -2.23. The van der Waals surface area contributed by atoms with Gasteiger partial charge in [-0.3, -0.25) is 0 Å². The minimum Gasteiger partial charge on any atom is -0.504 e. The molecule has 0 aliphatic rings. The number of phenolic OH excluding ortho intramolecular Hbond substituents is 1. The number of carbonyl (C=O) groups excluding carboxylic acids is 2. The van der Waals surface area contributed by atoms with Crippen molar-refractivity contribution in [3.63, 3.8) is 0 Å². The maximum atomic E-state index is 11.6. The van der Waals surface area contributed by atoms with Gasteiger partial charge >= 0.3 is 5.97 Å². The van der Waals surface area contributed by atoms with E-state index in [0.29, 0.717) is 5.56 Å². The number of aldehydes is 1. The number of hydrogen-bond donors (Lipinski definition) is 5. The van der Waals surface area contributed by atoms with Crippen molar-refractivity contribution >= 4 is 18.3 Å². The lowest BCUT2D eigenvalue weighted by Crippen LogP contribution is -2.46. The summed E-state index contributed by atoms with van der Waals surface area (Å²) in [7, 11) is 1.37.